The zero-order valence-corrected chi connectivity index (χ0v) is 24.4. The van der Waals surface area contributed by atoms with Gasteiger partial charge in [0.1, 0.15) is 5.84 Å². The first-order valence-corrected chi connectivity index (χ1v) is 14.8. The van der Waals surface area contributed by atoms with E-state index in [0.29, 0.717) is 23.4 Å². The number of aliphatic hydroxyl groups is 1. The highest BCUT2D eigenvalue weighted by molar-refractivity contribution is 7.89. The highest BCUT2D eigenvalue weighted by Gasteiger charge is 2.31. The lowest BCUT2D eigenvalue weighted by molar-refractivity contribution is -0.122. The normalized spacial score (nSPS) is 13.8. The quantitative estimate of drug-likeness (QED) is 0.217. The minimum absolute atomic E-state index is 0.0248. The Labute approximate surface area is 238 Å². The van der Waals surface area contributed by atoms with Gasteiger partial charge in [0.05, 0.1) is 23.5 Å². The second kappa shape index (κ2) is 14.2. The van der Waals surface area contributed by atoms with Crippen molar-refractivity contribution in [2.24, 2.45) is 16.6 Å². The molecule has 40 heavy (non-hydrogen) atoms. The van der Waals surface area contributed by atoms with Gasteiger partial charge < -0.3 is 16.2 Å². The van der Waals surface area contributed by atoms with Gasteiger partial charge in [0.25, 0.3) is 0 Å². The van der Waals surface area contributed by atoms with Crippen molar-refractivity contribution in [2.75, 3.05) is 20.1 Å². The molecule has 2 atom stereocenters. The Kier molecular flexibility index (Phi) is 11.0. The molecule has 214 valence electrons. The third-order valence-corrected chi connectivity index (χ3v) is 8.46. The van der Waals surface area contributed by atoms with Crippen molar-refractivity contribution in [1.29, 1.82) is 0 Å². The van der Waals surface area contributed by atoms with E-state index in [9.17, 15) is 18.3 Å². The van der Waals surface area contributed by atoms with Gasteiger partial charge in [-0.25, -0.2) is 8.42 Å². The maximum atomic E-state index is 13.6. The Morgan fingerprint density at radius 3 is 2.23 bits per heavy atom. The van der Waals surface area contributed by atoms with Gasteiger partial charge in [-0.1, -0.05) is 86.1 Å². The summed E-state index contributed by atoms with van der Waals surface area (Å²) < 4.78 is 28.5. The van der Waals surface area contributed by atoms with Crippen LogP contribution in [0.5, 0.6) is 0 Å². The van der Waals surface area contributed by atoms with Gasteiger partial charge in [0.15, 0.2) is 0 Å². The van der Waals surface area contributed by atoms with Gasteiger partial charge in [0.2, 0.25) is 15.9 Å². The van der Waals surface area contributed by atoms with Crippen LogP contribution < -0.4 is 11.1 Å². The topological polar surface area (TPSA) is 125 Å². The monoisotopic (exact) mass is 564 g/mol. The van der Waals surface area contributed by atoms with Crippen molar-refractivity contribution >= 4 is 21.8 Å². The van der Waals surface area contributed by atoms with E-state index in [1.807, 2.05) is 69.3 Å². The molecule has 0 saturated carbocycles. The number of nitrogens with one attached hydrogen (secondary N) is 1. The van der Waals surface area contributed by atoms with Crippen LogP contribution in [-0.4, -0.2) is 61.9 Å². The van der Waals surface area contributed by atoms with Crippen LogP contribution in [0.3, 0.4) is 0 Å². The summed E-state index contributed by atoms with van der Waals surface area (Å²) in [6, 6.07) is 22.7. The number of aryl methyl sites for hydroxylation is 1. The van der Waals surface area contributed by atoms with Crippen LogP contribution in [0.15, 0.2) is 88.8 Å². The maximum absolute atomic E-state index is 13.6. The summed E-state index contributed by atoms with van der Waals surface area (Å²) in [5.41, 5.74) is 9.27. The second-order valence-electron chi connectivity index (χ2n) is 10.4. The lowest BCUT2D eigenvalue weighted by atomic mass is 9.99. The third-order valence-electron chi connectivity index (χ3n) is 6.61. The van der Waals surface area contributed by atoms with Crippen molar-refractivity contribution in [3.05, 3.63) is 101 Å². The van der Waals surface area contributed by atoms with Crippen molar-refractivity contribution in [1.82, 2.24) is 9.62 Å². The number of rotatable bonds is 13. The standard InChI is InChI=1S/C31H40N4O4S/c1-22(2)20-35(40(38,39)26-16-14-23(3)15-17-26)21-29(36)28(18-24-10-6-5-7-11-24)34-30(37)19-25-12-8-9-13-27(25)31(32)33-4/h5-17,22,28-29,36H,18-21H2,1-4H3,(H2,32,33)(H,34,37)/t28-,29+/m0/s1. The van der Waals surface area contributed by atoms with Gasteiger partial charge in [0, 0.05) is 25.7 Å². The van der Waals surface area contributed by atoms with E-state index in [-0.39, 0.29) is 36.2 Å². The average molecular weight is 565 g/mol. The molecule has 3 rings (SSSR count). The van der Waals surface area contributed by atoms with Crippen molar-refractivity contribution in [2.45, 2.75) is 50.7 Å². The molecule has 0 fully saturated rings. The first-order valence-electron chi connectivity index (χ1n) is 13.4. The summed E-state index contributed by atoms with van der Waals surface area (Å²) in [4.78, 5) is 17.5. The van der Waals surface area contributed by atoms with Crippen LogP contribution in [-0.2, 0) is 27.7 Å². The Morgan fingerprint density at radius 2 is 1.60 bits per heavy atom. The summed E-state index contributed by atoms with van der Waals surface area (Å²) in [5.74, 6) is 0.0415. The number of nitrogens with two attached hydrogens (primary N) is 1. The number of carbonyl (C=O) groups is 1. The number of sulfonamides is 1. The van der Waals surface area contributed by atoms with Crippen LogP contribution in [0.4, 0.5) is 0 Å². The van der Waals surface area contributed by atoms with Crippen molar-refractivity contribution in [3.8, 4) is 0 Å². The minimum Gasteiger partial charge on any atom is -0.390 e. The molecule has 3 aromatic rings. The molecule has 0 aliphatic heterocycles. The Balaban J connectivity index is 1.87. The maximum Gasteiger partial charge on any atom is 0.243 e. The fraction of sp³-hybridized carbons (Fsp3) is 0.355. The molecule has 0 bridgehead atoms. The SMILES string of the molecule is CN=C(N)c1ccccc1CC(=O)N[C@@H](Cc1ccccc1)[C@H](O)CN(CC(C)C)S(=O)(=O)c1ccc(C)cc1. The molecule has 3 aromatic carbocycles. The molecule has 0 heterocycles. The van der Waals surface area contributed by atoms with Crippen LogP contribution >= 0.6 is 0 Å². The van der Waals surface area contributed by atoms with Gasteiger partial charge in [-0.3, -0.25) is 9.79 Å². The molecule has 0 aliphatic carbocycles. The fourth-order valence-corrected chi connectivity index (χ4v) is 6.12. The molecule has 4 N–H and O–H groups in total. The average Bonchev–Trinajstić information content (AvgIpc) is 2.92. The number of aliphatic hydroxyl groups excluding tert-OH is 1. The molecule has 1 amide bonds. The molecule has 0 radical (unpaired) electrons. The van der Waals surface area contributed by atoms with E-state index in [1.54, 1.807) is 37.4 Å². The molecular weight excluding hydrogens is 524 g/mol. The predicted molar refractivity (Wildman–Crippen MR) is 160 cm³/mol. The summed E-state index contributed by atoms with van der Waals surface area (Å²) >= 11 is 0. The van der Waals surface area contributed by atoms with E-state index in [1.165, 1.54) is 4.31 Å². The molecular formula is C31H40N4O4S. The number of amidine groups is 1. The number of hydrogen-bond acceptors (Lipinski definition) is 5. The summed E-state index contributed by atoms with van der Waals surface area (Å²) in [6.07, 6.45) is -0.809. The summed E-state index contributed by atoms with van der Waals surface area (Å²) in [6.45, 7) is 5.80. The van der Waals surface area contributed by atoms with Crippen molar-refractivity contribution < 1.29 is 18.3 Å². The lowest BCUT2D eigenvalue weighted by Gasteiger charge is -2.31. The Morgan fingerprint density at radius 1 is 0.975 bits per heavy atom. The fourth-order valence-electron chi connectivity index (χ4n) is 4.50. The smallest absolute Gasteiger partial charge is 0.243 e. The first kappa shape index (κ1) is 31.0. The summed E-state index contributed by atoms with van der Waals surface area (Å²) in [7, 11) is -2.29. The highest BCUT2D eigenvalue weighted by atomic mass is 32.2. The van der Waals surface area contributed by atoms with Crippen molar-refractivity contribution in [3.63, 3.8) is 0 Å². The Bertz CT molecular complexity index is 1390. The predicted octanol–water partition coefficient (Wildman–Crippen LogP) is 3.31. The molecule has 0 saturated heterocycles. The van der Waals surface area contributed by atoms with E-state index in [0.717, 1.165) is 11.1 Å². The van der Waals surface area contributed by atoms with Crippen LogP contribution in [0.25, 0.3) is 0 Å². The van der Waals surface area contributed by atoms with Gasteiger partial charge in [-0.2, -0.15) is 4.31 Å². The molecule has 8 nitrogen and oxygen atoms in total. The van der Waals surface area contributed by atoms with E-state index in [2.05, 4.69) is 10.3 Å². The molecule has 0 aliphatic rings. The number of hydrogen-bond donors (Lipinski definition) is 3. The summed E-state index contributed by atoms with van der Waals surface area (Å²) in [5, 5.41) is 14.4. The molecule has 0 aromatic heterocycles. The van der Waals surface area contributed by atoms with Gasteiger partial charge in [-0.15, -0.1) is 0 Å². The highest BCUT2D eigenvalue weighted by Crippen LogP contribution is 2.20. The Hall–Kier alpha value is -3.53. The third kappa shape index (κ3) is 8.48. The number of amides is 1. The van der Waals surface area contributed by atoms with E-state index < -0.39 is 22.2 Å². The molecule has 0 spiro atoms. The number of benzene rings is 3. The second-order valence-corrected chi connectivity index (χ2v) is 12.3. The zero-order chi connectivity index (χ0) is 29.3. The van der Waals surface area contributed by atoms with Crippen LogP contribution in [0.2, 0.25) is 0 Å². The lowest BCUT2D eigenvalue weighted by Crippen LogP contribution is -2.51. The van der Waals surface area contributed by atoms with Gasteiger partial charge >= 0.3 is 0 Å². The van der Waals surface area contributed by atoms with E-state index >= 15 is 0 Å². The zero-order valence-electron chi connectivity index (χ0n) is 23.6. The minimum atomic E-state index is -3.88. The largest absolute Gasteiger partial charge is 0.390 e. The number of nitrogens with zero attached hydrogens (tertiary/aromatic N) is 2. The molecule has 9 heteroatoms. The first-order chi connectivity index (χ1) is 19.0. The molecule has 0 unspecified atom stereocenters. The van der Waals surface area contributed by atoms with E-state index in [4.69, 9.17) is 5.73 Å². The van der Waals surface area contributed by atoms with Crippen LogP contribution in [0.1, 0.15) is 36.1 Å². The van der Waals surface area contributed by atoms with Crippen LogP contribution in [0, 0.1) is 12.8 Å². The number of aliphatic imine (C=N–C) groups is 1. The number of carbonyl (C=O) groups excluding carboxylic acids is 1. The van der Waals surface area contributed by atoms with Gasteiger partial charge in [-0.05, 0) is 42.5 Å².